The van der Waals surface area contributed by atoms with E-state index in [0.29, 0.717) is 17.1 Å². The third-order valence-electron chi connectivity index (χ3n) is 6.33. The molecule has 0 amide bonds. The molecule has 0 radical (unpaired) electrons. The van der Waals surface area contributed by atoms with E-state index in [-0.39, 0.29) is 11.3 Å². The van der Waals surface area contributed by atoms with Crippen molar-refractivity contribution in [2.24, 2.45) is 22.7 Å². The third-order valence-corrected chi connectivity index (χ3v) is 6.33. The Morgan fingerprint density at radius 3 is 2.81 bits per heavy atom. The normalized spacial score (nSPS) is 38.6. The second kappa shape index (κ2) is 6.24. The minimum Gasteiger partial charge on any atom is -0.392 e. The average molecular weight is 293 g/mol. The van der Waals surface area contributed by atoms with Gasteiger partial charge >= 0.3 is 0 Å². The van der Waals surface area contributed by atoms with E-state index in [2.05, 4.69) is 20.8 Å². The zero-order valence-corrected chi connectivity index (χ0v) is 14.1. The molecule has 2 unspecified atom stereocenters. The van der Waals surface area contributed by atoms with Crippen LogP contribution in [0.25, 0.3) is 0 Å². The zero-order valence-electron chi connectivity index (χ0n) is 15.1. The van der Waals surface area contributed by atoms with Gasteiger partial charge in [0, 0.05) is 12.3 Å². The number of carbonyl (C=O) groups is 1. The second-order valence-corrected chi connectivity index (χ2v) is 8.16. The molecule has 2 aliphatic rings. The molecule has 2 rings (SSSR count). The fourth-order valence-electron chi connectivity index (χ4n) is 5.21. The van der Waals surface area contributed by atoms with Gasteiger partial charge in [0.2, 0.25) is 0 Å². The Balaban J connectivity index is 2.16. The van der Waals surface area contributed by atoms with Crippen LogP contribution in [0.5, 0.6) is 0 Å². The maximum absolute atomic E-state index is 12.6. The molecule has 21 heavy (non-hydrogen) atoms. The Kier molecular flexibility index (Phi) is 4.54. The zero-order chi connectivity index (χ0) is 16.5. The Labute approximate surface area is 131 Å². The fraction of sp³-hybridized carbons (Fsp3) is 0.842. The maximum Gasteiger partial charge on any atom is 0.136 e. The van der Waals surface area contributed by atoms with Crippen LogP contribution in [-0.2, 0) is 4.79 Å². The van der Waals surface area contributed by atoms with Gasteiger partial charge in [0.15, 0.2) is 0 Å². The van der Waals surface area contributed by atoms with E-state index in [1.807, 2.05) is 6.92 Å². The number of allylic oxidation sites excluding steroid dienone is 1. The lowest BCUT2D eigenvalue weighted by molar-refractivity contribution is -0.143. The van der Waals surface area contributed by atoms with Crippen LogP contribution >= 0.6 is 0 Å². The summed E-state index contributed by atoms with van der Waals surface area (Å²) in [6.45, 7) is 7.92. The molecule has 0 heterocycles. The predicted octanol–water partition coefficient (Wildman–Crippen LogP) is 4.52. The van der Waals surface area contributed by atoms with Crippen molar-refractivity contribution in [3.63, 3.8) is 0 Å². The summed E-state index contributed by atoms with van der Waals surface area (Å²) < 4.78 is 7.22. The third kappa shape index (κ3) is 3.26. The average Bonchev–Trinajstić information content (AvgIpc) is 2.35. The van der Waals surface area contributed by atoms with Crippen molar-refractivity contribution in [3.05, 3.63) is 11.6 Å². The van der Waals surface area contributed by atoms with Crippen molar-refractivity contribution in [2.75, 3.05) is 6.58 Å². The first kappa shape index (κ1) is 15.3. The van der Waals surface area contributed by atoms with E-state index >= 15 is 0 Å². The van der Waals surface area contributed by atoms with Crippen LogP contribution in [0.15, 0.2) is 11.6 Å². The number of aliphatic hydroxyl groups is 1. The summed E-state index contributed by atoms with van der Waals surface area (Å²) in [5.41, 5.74) is 1.50. The topological polar surface area (TPSA) is 37.3 Å². The van der Waals surface area contributed by atoms with Gasteiger partial charge in [0.25, 0.3) is 0 Å². The van der Waals surface area contributed by atoms with E-state index in [4.69, 9.17) is 6.48 Å². The smallest absolute Gasteiger partial charge is 0.136 e. The van der Waals surface area contributed by atoms with E-state index in [0.717, 1.165) is 31.3 Å². The number of fused-ring (bicyclic) bond motifs is 1. The lowest BCUT2D eigenvalue weighted by Gasteiger charge is -2.56. The molecule has 0 bridgehead atoms. The van der Waals surface area contributed by atoms with Crippen LogP contribution < -0.4 is 0 Å². The van der Waals surface area contributed by atoms with E-state index in [9.17, 15) is 4.79 Å². The Morgan fingerprint density at radius 1 is 1.43 bits per heavy atom. The Bertz CT molecular complexity index is 452. The summed E-state index contributed by atoms with van der Waals surface area (Å²) in [5, 5.41) is 9.14. The van der Waals surface area contributed by atoms with Gasteiger partial charge in [-0.25, -0.2) is 0 Å². The monoisotopic (exact) mass is 293 g/mol. The number of hydrogen-bond acceptors (Lipinski definition) is 2. The molecule has 2 aliphatic carbocycles. The van der Waals surface area contributed by atoms with Crippen LogP contribution in [0, 0.1) is 22.7 Å². The van der Waals surface area contributed by atoms with Gasteiger partial charge in [0.05, 0.1) is 7.95 Å². The van der Waals surface area contributed by atoms with Gasteiger partial charge in [0.1, 0.15) is 5.78 Å². The van der Waals surface area contributed by atoms with Gasteiger partial charge in [-0.05, 0) is 55.8 Å². The molecule has 2 fully saturated rings. The molecule has 0 saturated heterocycles. The molecule has 0 spiro atoms. The molecule has 2 saturated carbocycles. The number of hydrogen-bond donors (Lipinski definition) is 1. The minimum absolute atomic E-state index is 0.136. The molecular weight excluding hydrogens is 260 g/mol. The molecule has 2 nitrogen and oxygen atoms in total. The summed E-state index contributed by atoms with van der Waals surface area (Å²) in [6.07, 6.45) is 8.73. The van der Waals surface area contributed by atoms with Gasteiger partial charge in [-0.2, -0.15) is 0 Å². The molecule has 0 aliphatic heterocycles. The van der Waals surface area contributed by atoms with Crippen LogP contribution in [0.3, 0.4) is 0 Å². The predicted molar refractivity (Wildman–Crippen MR) is 87.0 cm³/mol. The fourth-order valence-corrected chi connectivity index (χ4v) is 5.21. The first-order valence-corrected chi connectivity index (χ1v) is 8.47. The molecule has 0 aromatic carbocycles. The van der Waals surface area contributed by atoms with Crippen molar-refractivity contribution in [2.45, 2.75) is 72.6 Å². The lowest BCUT2D eigenvalue weighted by atomic mass is 9.47. The second-order valence-electron chi connectivity index (χ2n) is 8.16. The number of Topliss-reactive ketones (excluding diaryl/α,β-unsaturated/α-hetero) is 1. The highest BCUT2D eigenvalue weighted by molar-refractivity contribution is 5.82. The highest BCUT2D eigenvalue weighted by Gasteiger charge is 2.54. The van der Waals surface area contributed by atoms with Crippen molar-refractivity contribution in [1.29, 1.82) is 0 Å². The number of rotatable bonds is 4. The first-order valence-electron chi connectivity index (χ1n) is 9.05. The van der Waals surface area contributed by atoms with E-state index < -0.39 is 6.58 Å². The quantitative estimate of drug-likeness (QED) is 0.774. The number of aliphatic hydroxyl groups excluding tert-OH is 1. The lowest BCUT2D eigenvalue weighted by Crippen LogP contribution is -2.51. The molecule has 120 valence electrons. The SMILES string of the molecule is [2H]C(O)/C=C(\C)CC[C@H]1C(=O)CCC2C(C)(C)CCC[C@@]21C. The Hall–Kier alpha value is -0.630. The van der Waals surface area contributed by atoms with Gasteiger partial charge in [-0.15, -0.1) is 0 Å². The molecule has 2 heteroatoms. The largest absolute Gasteiger partial charge is 0.392 e. The van der Waals surface area contributed by atoms with Crippen molar-refractivity contribution in [1.82, 2.24) is 0 Å². The standard InChI is InChI=1S/C19H32O2/c1-14(10-13-20)6-7-15-16(21)8-9-17-18(2,3)11-5-12-19(15,17)4/h10,15,17,20H,5-9,11-13H2,1-4H3/b14-10+/t15-,17?,19+/m0/s1/i13D/t13?,15-,17?,19+. The molecule has 0 aromatic heterocycles. The first-order chi connectivity index (χ1) is 10.2. The highest BCUT2D eigenvalue weighted by atomic mass is 16.2. The molecular formula is C19H32O2. The van der Waals surface area contributed by atoms with Crippen molar-refractivity contribution in [3.8, 4) is 0 Å². The van der Waals surface area contributed by atoms with Crippen molar-refractivity contribution < 1.29 is 11.3 Å². The summed E-state index contributed by atoms with van der Waals surface area (Å²) in [5.74, 6) is 1.23. The van der Waals surface area contributed by atoms with Gasteiger partial charge in [-0.1, -0.05) is 38.8 Å². The van der Waals surface area contributed by atoms with Crippen LogP contribution in [0.4, 0.5) is 0 Å². The van der Waals surface area contributed by atoms with Crippen LogP contribution in [-0.4, -0.2) is 17.5 Å². The van der Waals surface area contributed by atoms with Crippen LogP contribution in [0.1, 0.15) is 74.0 Å². The summed E-state index contributed by atoms with van der Waals surface area (Å²) >= 11 is 0. The van der Waals surface area contributed by atoms with Gasteiger partial charge in [-0.3, -0.25) is 4.79 Å². The molecule has 4 atom stereocenters. The number of ketones is 1. The summed E-state index contributed by atoms with van der Waals surface area (Å²) in [6, 6.07) is 0. The molecule has 0 aromatic rings. The van der Waals surface area contributed by atoms with E-state index in [1.54, 1.807) is 6.08 Å². The van der Waals surface area contributed by atoms with E-state index in [1.165, 1.54) is 19.3 Å². The highest BCUT2D eigenvalue weighted by Crippen LogP contribution is 2.59. The minimum atomic E-state index is -1.14. The van der Waals surface area contributed by atoms with Crippen LogP contribution in [0.2, 0.25) is 0 Å². The Morgan fingerprint density at radius 2 is 2.14 bits per heavy atom. The number of carbonyl (C=O) groups excluding carboxylic acids is 1. The van der Waals surface area contributed by atoms with Crippen molar-refractivity contribution >= 4 is 5.78 Å². The van der Waals surface area contributed by atoms with Gasteiger partial charge < -0.3 is 5.11 Å². The maximum atomic E-state index is 12.6. The molecule has 1 N–H and O–H groups in total. The summed E-state index contributed by atoms with van der Waals surface area (Å²) in [4.78, 5) is 12.6. The summed E-state index contributed by atoms with van der Waals surface area (Å²) in [7, 11) is 0.